The zero-order valence-electron chi connectivity index (χ0n) is 16.7. The van der Waals surface area contributed by atoms with Gasteiger partial charge in [0.25, 0.3) is 0 Å². The number of hydrogen-bond donors (Lipinski definition) is 2. The summed E-state index contributed by atoms with van der Waals surface area (Å²) in [7, 11) is 0. The molecule has 2 fully saturated rings. The molecular weight excluding hydrogens is 379 g/mol. The number of halogens is 3. The number of benzene rings is 1. The number of alkyl halides is 3. The van der Waals surface area contributed by atoms with Crippen LogP contribution in [0.25, 0.3) is 11.0 Å². The monoisotopic (exact) mass is 407 g/mol. The van der Waals surface area contributed by atoms with E-state index in [-0.39, 0.29) is 5.52 Å². The molecule has 5 nitrogen and oxygen atoms in total. The first-order valence-electron chi connectivity index (χ1n) is 10.4. The number of nitrogens with one attached hydrogen (secondary N) is 2. The normalized spacial score (nSPS) is 26.1. The van der Waals surface area contributed by atoms with Crippen molar-refractivity contribution in [2.45, 2.75) is 38.4 Å². The Morgan fingerprint density at radius 1 is 1.10 bits per heavy atom. The van der Waals surface area contributed by atoms with E-state index in [2.05, 4.69) is 32.4 Å². The fourth-order valence-electron chi connectivity index (χ4n) is 4.56. The van der Waals surface area contributed by atoms with E-state index >= 15 is 0 Å². The van der Waals surface area contributed by atoms with E-state index in [0.717, 1.165) is 50.9 Å². The molecule has 1 aromatic heterocycles. The fourth-order valence-corrected chi connectivity index (χ4v) is 4.56. The van der Waals surface area contributed by atoms with E-state index in [9.17, 15) is 13.2 Å². The minimum absolute atomic E-state index is 0.0716. The third-order valence-electron chi connectivity index (χ3n) is 6.26. The number of fused-ring (bicyclic) bond motifs is 1. The van der Waals surface area contributed by atoms with Gasteiger partial charge >= 0.3 is 6.18 Å². The van der Waals surface area contributed by atoms with Gasteiger partial charge in [0.2, 0.25) is 0 Å². The zero-order chi connectivity index (χ0) is 20.4. The molecule has 1 aromatic carbocycles. The van der Waals surface area contributed by atoms with Crippen LogP contribution in [0.2, 0.25) is 0 Å². The van der Waals surface area contributed by atoms with Gasteiger partial charge in [-0.2, -0.15) is 13.2 Å². The van der Waals surface area contributed by atoms with E-state index < -0.39 is 11.7 Å². The summed E-state index contributed by atoms with van der Waals surface area (Å²) in [5.74, 6) is 0.917. The first kappa shape index (κ1) is 20.3. The lowest BCUT2D eigenvalue weighted by Gasteiger charge is -2.22. The van der Waals surface area contributed by atoms with Crippen molar-refractivity contribution >= 4 is 16.7 Å². The molecule has 3 atom stereocenters. The van der Waals surface area contributed by atoms with Crippen molar-refractivity contribution in [1.29, 1.82) is 0 Å². The zero-order valence-corrected chi connectivity index (χ0v) is 16.7. The maximum Gasteiger partial charge on any atom is 0.418 e. The first-order chi connectivity index (χ1) is 13.9. The van der Waals surface area contributed by atoms with Gasteiger partial charge in [-0.1, -0.05) is 6.92 Å². The molecule has 2 aliphatic heterocycles. The molecule has 2 aromatic rings. The van der Waals surface area contributed by atoms with E-state index in [1.54, 1.807) is 6.07 Å². The van der Waals surface area contributed by atoms with Crippen molar-refractivity contribution in [2.24, 2.45) is 11.8 Å². The van der Waals surface area contributed by atoms with Crippen LogP contribution in [-0.2, 0) is 6.18 Å². The Labute approximate surface area is 169 Å². The predicted molar refractivity (Wildman–Crippen MR) is 108 cm³/mol. The van der Waals surface area contributed by atoms with E-state index in [1.165, 1.54) is 25.2 Å². The van der Waals surface area contributed by atoms with Gasteiger partial charge in [-0.3, -0.25) is 9.97 Å². The summed E-state index contributed by atoms with van der Waals surface area (Å²) in [6.07, 6.45) is 1.87. The Bertz CT molecular complexity index is 833. The van der Waals surface area contributed by atoms with E-state index in [4.69, 9.17) is 0 Å². The molecule has 0 aliphatic carbocycles. The highest BCUT2D eigenvalue weighted by Crippen LogP contribution is 2.38. The highest BCUT2D eigenvalue weighted by Gasteiger charge is 2.36. The first-order valence-corrected chi connectivity index (χ1v) is 10.4. The summed E-state index contributed by atoms with van der Waals surface area (Å²) in [6, 6.07) is 3.24. The van der Waals surface area contributed by atoms with Gasteiger partial charge < -0.3 is 15.5 Å². The topological polar surface area (TPSA) is 53.1 Å². The van der Waals surface area contributed by atoms with Gasteiger partial charge in [0, 0.05) is 38.1 Å². The van der Waals surface area contributed by atoms with Gasteiger partial charge in [0.05, 0.1) is 11.3 Å². The molecule has 0 amide bonds. The Hall–Kier alpha value is -1.93. The molecule has 0 bridgehead atoms. The van der Waals surface area contributed by atoms with Crippen LogP contribution in [0.5, 0.6) is 0 Å². The van der Waals surface area contributed by atoms with Crippen molar-refractivity contribution in [3.8, 4) is 0 Å². The fraction of sp³-hybridized carbons (Fsp3) is 0.619. The van der Waals surface area contributed by atoms with Crippen LogP contribution in [-0.4, -0.2) is 48.7 Å². The molecule has 2 unspecified atom stereocenters. The smallest absolute Gasteiger partial charge is 0.369 e. The summed E-state index contributed by atoms with van der Waals surface area (Å²) in [6.45, 7) is 6.94. The summed E-state index contributed by atoms with van der Waals surface area (Å²) in [5, 5.41) is 7.16. The average molecular weight is 407 g/mol. The van der Waals surface area contributed by atoms with Gasteiger partial charge in [0.1, 0.15) is 11.0 Å². The molecule has 158 valence electrons. The molecular formula is C21H28F3N5. The van der Waals surface area contributed by atoms with Crippen molar-refractivity contribution in [3.63, 3.8) is 0 Å². The molecule has 3 heterocycles. The highest BCUT2D eigenvalue weighted by atomic mass is 19.4. The van der Waals surface area contributed by atoms with Gasteiger partial charge in [-0.25, -0.2) is 0 Å². The second-order valence-corrected chi connectivity index (χ2v) is 8.31. The second-order valence-electron chi connectivity index (χ2n) is 8.31. The van der Waals surface area contributed by atoms with Crippen molar-refractivity contribution in [1.82, 2.24) is 20.6 Å². The van der Waals surface area contributed by atoms with Crippen molar-refractivity contribution in [2.75, 3.05) is 37.6 Å². The lowest BCUT2D eigenvalue weighted by molar-refractivity contribution is -0.136. The van der Waals surface area contributed by atoms with Gasteiger partial charge in [-0.15, -0.1) is 0 Å². The molecule has 2 N–H and O–H groups in total. The summed E-state index contributed by atoms with van der Waals surface area (Å²) in [5.41, 5.74) is 0.279. The third-order valence-corrected chi connectivity index (χ3v) is 6.26. The van der Waals surface area contributed by atoms with E-state index in [1.807, 2.05) is 0 Å². The summed E-state index contributed by atoms with van der Waals surface area (Å²) in [4.78, 5) is 10.4. The molecule has 29 heavy (non-hydrogen) atoms. The van der Waals surface area contributed by atoms with Crippen LogP contribution in [0.3, 0.4) is 0 Å². The lowest BCUT2D eigenvalue weighted by atomic mass is 9.97. The van der Waals surface area contributed by atoms with Gasteiger partial charge in [-0.05, 0) is 56.3 Å². The molecule has 0 saturated carbocycles. The van der Waals surface area contributed by atoms with Crippen LogP contribution in [0.15, 0.2) is 24.5 Å². The average Bonchev–Trinajstić information content (AvgIpc) is 2.89. The highest BCUT2D eigenvalue weighted by molar-refractivity contribution is 5.90. The lowest BCUT2D eigenvalue weighted by Crippen LogP contribution is -2.36. The van der Waals surface area contributed by atoms with Crippen LogP contribution in [0.1, 0.15) is 31.7 Å². The minimum atomic E-state index is -4.44. The van der Waals surface area contributed by atoms with E-state index in [0.29, 0.717) is 23.4 Å². The molecule has 8 heteroatoms. The number of anilines is 1. The summed E-state index contributed by atoms with van der Waals surface area (Å²) >= 11 is 0. The minimum Gasteiger partial charge on any atom is -0.369 e. The number of aromatic nitrogens is 2. The largest absolute Gasteiger partial charge is 0.418 e. The SMILES string of the molecule is C[C@@H]1CN(c2ccc(C(F)(F)F)c3nccnc23)CC1CNC1CCCNCC1. The number of nitrogens with zero attached hydrogens (tertiary/aromatic N) is 3. The van der Waals surface area contributed by atoms with Gasteiger partial charge in [0.15, 0.2) is 0 Å². The molecule has 2 aliphatic rings. The number of hydrogen-bond acceptors (Lipinski definition) is 5. The molecule has 0 radical (unpaired) electrons. The quantitative estimate of drug-likeness (QED) is 0.813. The maximum absolute atomic E-state index is 13.4. The predicted octanol–water partition coefficient (Wildman–Crippen LogP) is 3.45. The Morgan fingerprint density at radius 2 is 1.90 bits per heavy atom. The standard InChI is InChI=1S/C21H28F3N5/c1-14-12-29(13-15(14)11-28-16-3-2-7-25-8-6-16)18-5-4-17(21(22,23)24)19-20(18)27-10-9-26-19/h4-5,9-10,14-16,25,28H,2-3,6-8,11-13H2,1H3/t14-,15?,16?/m1/s1. The Kier molecular flexibility index (Phi) is 5.92. The van der Waals surface area contributed by atoms with Crippen LogP contribution in [0, 0.1) is 11.8 Å². The second kappa shape index (κ2) is 8.44. The number of rotatable bonds is 4. The maximum atomic E-state index is 13.4. The molecule has 0 spiro atoms. The molecule has 2 saturated heterocycles. The van der Waals surface area contributed by atoms with Crippen molar-refractivity contribution < 1.29 is 13.2 Å². The Morgan fingerprint density at radius 3 is 2.69 bits per heavy atom. The Balaban J connectivity index is 1.50. The summed E-state index contributed by atoms with van der Waals surface area (Å²) < 4.78 is 40.1. The van der Waals surface area contributed by atoms with Crippen LogP contribution < -0.4 is 15.5 Å². The van der Waals surface area contributed by atoms with Crippen LogP contribution >= 0.6 is 0 Å². The third kappa shape index (κ3) is 4.48. The van der Waals surface area contributed by atoms with Crippen molar-refractivity contribution in [3.05, 3.63) is 30.1 Å². The molecule has 4 rings (SSSR count). The van der Waals surface area contributed by atoms with Crippen LogP contribution in [0.4, 0.5) is 18.9 Å².